The van der Waals surface area contributed by atoms with E-state index in [4.69, 9.17) is 4.74 Å². The lowest BCUT2D eigenvalue weighted by Crippen LogP contribution is -2.11. The van der Waals surface area contributed by atoms with Gasteiger partial charge in [-0.3, -0.25) is 9.89 Å². The number of nitrogens with one attached hydrogen (secondary N) is 2. The van der Waals surface area contributed by atoms with E-state index in [2.05, 4.69) is 15.5 Å². The normalized spacial score (nSPS) is 10.5. The van der Waals surface area contributed by atoms with Gasteiger partial charge in [-0.05, 0) is 30.5 Å². The number of rotatable bonds is 4. The van der Waals surface area contributed by atoms with Gasteiger partial charge < -0.3 is 10.1 Å². The number of carbonyl (C=O) groups excluding carboxylic acids is 1. The molecule has 3 aromatic rings. The van der Waals surface area contributed by atoms with Gasteiger partial charge in [0.25, 0.3) is 5.91 Å². The highest BCUT2D eigenvalue weighted by atomic mass is 32.1. The van der Waals surface area contributed by atoms with Gasteiger partial charge in [-0.2, -0.15) is 5.10 Å². The first-order valence-corrected chi connectivity index (χ1v) is 7.62. The number of thiophene rings is 1. The number of amides is 1. The van der Waals surface area contributed by atoms with Gasteiger partial charge in [0.15, 0.2) is 0 Å². The Morgan fingerprint density at radius 2 is 2.09 bits per heavy atom. The van der Waals surface area contributed by atoms with E-state index in [1.807, 2.05) is 42.6 Å². The molecular weight excluding hydrogens is 298 g/mol. The summed E-state index contributed by atoms with van der Waals surface area (Å²) >= 11 is 1.40. The second-order valence-corrected chi connectivity index (χ2v) is 5.65. The van der Waals surface area contributed by atoms with Crippen molar-refractivity contribution in [1.29, 1.82) is 0 Å². The molecule has 2 aromatic heterocycles. The Labute approximate surface area is 132 Å². The zero-order valence-electron chi connectivity index (χ0n) is 12.2. The molecule has 0 unspecified atom stereocenters. The van der Waals surface area contributed by atoms with Crippen molar-refractivity contribution in [3.8, 4) is 17.0 Å². The number of nitrogens with zero attached hydrogens (tertiary/aromatic N) is 1. The number of hydrogen-bond acceptors (Lipinski definition) is 4. The lowest BCUT2D eigenvalue weighted by molar-refractivity contribution is 0.103. The Morgan fingerprint density at radius 1 is 1.27 bits per heavy atom. The maximum Gasteiger partial charge on any atom is 0.265 e. The molecule has 0 atom stereocenters. The predicted molar refractivity (Wildman–Crippen MR) is 87.6 cm³/mol. The molecule has 5 nitrogen and oxygen atoms in total. The van der Waals surface area contributed by atoms with Crippen LogP contribution >= 0.6 is 11.3 Å². The minimum Gasteiger partial charge on any atom is -0.496 e. The number of hydrogen-bond donors (Lipinski definition) is 2. The van der Waals surface area contributed by atoms with E-state index in [1.54, 1.807) is 13.2 Å². The molecule has 0 spiro atoms. The predicted octanol–water partition coefficient (Wildman–Crippen LogP) is 3.71. The van der Waals surface area contributed by atoms with E-state index >= 15 is 0 Å². The fraction of sp³-hybridized carbons (Fsp3) is 0.125. The zero-order chi connectivity index (χ0) is 15.5. The van der Waals surface area contributed by atoms with E-state index in [1.165, 1.54) is 11.3 Å². The second-order valence-electron chi connectivity index (χ2n) is 4.70. The maximum absolute atomic E-state index is 12.3. The van der Waals surface area contributed by atoms with Crippen LogP contribution in [0.25, 0.3) is 11.3 Å². The number of ether oxygens (including phenoxy) is 1. The molecule has 2 N–H and O–H groups in total. The third-order valence-electron chi connectivity index (χ3n) is 3.29. The fourth-order valence-corrected chi connectivity index (χ4v) is 2.82. The molecule has 1 aromatic carbocycles. The summed E-state index contributed by atoms with van der Waals surface area (Å²) in [6.45, 7) is 1.87. The summed E-state index contributed by atoms with van der Waals surface area (Å²) in [7, 11) is 1.61. The van der Waals surface area contributed by atoms with Crippen molar-refractivity contribution >= 4 is 22.9 Å². The van der Waals surface area contributed by atoms with Crippen LogP contribution in [0.1, 0.15) is 15.4 Å². The number of aryl methyl sites for hydroxylation is 1. The van der Waals surface area contributed by atoms with Gasteiger partial charge in [-0.15, -0.1) is 11.3 Å². The summed E-state index contributed by atoms with van der Waals surface area (Å²) in [6, 6.07) is 11.2. The summed E-state index contributed by atoms with van der Waals surface area (Å²) in [5.41, 5.74) is 2.96. The largest absolute Gasteiger partial charge is 0.496 e. The standard InChI is InChI=1S/C16H15N3O2S/c1-10-14(17-16(20)13-8-5-9-22-13)15(19-18-10)11-6-3-4-7-12(11)21-2/h3-9H,1-2H3,(H,17,20)(H,18,19). The average Bonchev–Trinajstić information content (AvgIpc) is 3.18. The molecule has 2 heterocycles. The lowest BCUT2D eigenvalue weighted by Gasteiger charge is -2.09. The summed E-state index contributed by atoms with van der Waals surface area (Å²) in [5.74, 6) is 0.566. The number of H-pyrrole nitrogens is 1. The number of aromatic nitrogens is 2. The zero-order valence-corrected chi connectivity index (χ0v) is 13.0. The molecule has 0 aliphatic carbocycles. The van der Waals surface area contributed by atoms with Crippen molar-refractivity contribution < 1.29 is 9.53 Å². The van der Waals surface area contributed by atoms with E-state index in [9.17, 15) is 4.79 Å². The molecule has 3 rings (SSSR count). The van der Waals surface area contributed by atoms with Crippen LogP contribution < -0.4 is 10.1 Å². The third kappa shape index (κ3) is 2.60. The molecule has 0 aliphatic heterocycles. The molecule has 1 amide bonds. The van der Waals surface area contributed by atoms with Gasteiger partial charge in [0.05, 0.1) is 23.4 Å². The van der Waals surface area contributed by atoms with Gasteiger partial charge >= 0.3 is 0 Å². The Hall–Kier alpha value is -2.60. The van der Waals surface area contributed by atoms with E-state index in [0.717, 1.165) is 11.3 Å². The highest BCUT2D eigenvalue weighted by Crippen LogP contribution is 2.35. The molecular formula is C16H15N3O2S. The summed E-state index contributed by atoms with van der Waals surface area (Å²) in [6.07, 6.45) is 0. The van der Waals surface area contributed by atoms with Crippen LogP contribution in [-0.4, -0.2) is 23.2 Å². The van der Waals surface area contributed by atoms with Crippen molar-refractivity contribution in [3.05, 3.63) is 52.3 Å². The monoisotopic (exact) mass is 313 g/mol. The number of para-hydroxylation sites is 1. The van der Waals surface area contributed by atoms with Gasteiger partial charge in [-0.1, -0.05) is 18.2 Å². The average molecular weight is 313 g/mol. The summed E-state index contributed by atoms with van der Waals surface area (Å²) < 4.78 is 5.38. The second kappa shape index (κ2) is 6.03. The highest BCUT2D eigenvalue weighted by Gasteiger charge is 2.18. The Morgan fingerprint density at radius 3 is 2.82 bits per heavy atom. The summed E-state index contributed by atoms with van der Waals surface area (Å²) in [5, 5.41) is 12.0. The van der Waals surface area contributed by atoms with Gasteiger partial charge in [0, 0.05) is 5.56 Å². The Balaban J connectivity index is 1.99. The van der Waals surface area contributed by atoms with E-state index < -0.39 is 0 Å². The van der Waals surface area contributed by atoms with Crippen LogP contribution in [0.3, 0.4) is 0 Å². The van der Waals surface area contributed by atoms with E-state index in [-0.39, 0.29) is 5.91 Å². The molecule has 22 heavy (non-hydrogen) atoms. The number of carbonyl (C=O) groups is 1. The smallest absolute Gasteiger partial charge is 0.265 e. The summed E-state index contributed by atoms with van der Waals surface area (Å²) in [4.78, 5) is 12.9. The number of benzene rings is 1. The SMILES string of the molecule is COc1ccccc1-c1n[nH]c(C)c1NC(=O)c1cccs1. The third-order valence-corrected chi connectivity index (χ3v) is 4.16. The first kappa shape index (κ1) is 14.3. The van der Waals surface area contributed by atoms with Crippen LogP contribution in [0.2, 0.25) is 0 Å². The lowest BCUT2D eigenvalue weighted by atomic mass is 10.1. The Bertz CT molecular complexity index is 794. The van der Waals surface area contributed by atoms with Crippen LogP contribution in [0, 0.1) is 6.92 Å². The van der Waals surface area contributed by atoms with Crippen molar-refractivity contribution in [2.24, 2.45) is 0 Å². The molecule has 0 aliphatic rings. The maximum atomic E-state index is 12.3. The highest BCUT2D eigenvalue weighted by molar-refractivity contribution is 7.12. The van der Waals surface area contributed by atoms with E-state index in [0.29, 0.717) is 22.0 Å². The molecule has 0 saturated heterocycles. The van der Waals surface area contributed by atoms with Crippen LogP contribution in [0.4, 0.5) is 5.69 Å². The molecule has 112 valence electrons. The molecule has 6 heteroatoms. The first-order chi connectivity index (χ1) is 10.7. The van der Waals surface area contributed by atoms with Gasteiger partial charge in [-0.25, -0.2) is 0 Å². The number of aromatic amines is 1. The van der Waals surface area contributed by atoms with Crippen molar-refractivity contribution in [1.82, 2.24) is 10.2 Å². The first-order valence-electron chi connectivity index (χ1n) is 6.74. The van der Waals surface area contributed by atoms with Gasteiger partial charge in [0.1, 0.15) is 11.4 Å². The van der Waals surface area contributed by atoms with Crippen molar-refractivity contribution in [2.45, 2.75) is 6.92 Å². The van der Waals surface area contributed by atoms with Crippen molar-refractivity contribution in [2.75, 3.05) is 12.4 Å². The quantitative estimate of drug-likeness (QED) is 0.771. The molecule has 0 bridgehead atoms. The minimum absolute atomic E-state index is 0.143. The van der Waals surface area contributed by atoms with Crippen molar-refractivity contribution in [3.63, 3.8) is 0 Å². The van der Waals surface area contributed by atoms with Crippen LogP contribution in [0.5, 0.6) is 5.75 Å². The molecule has 0 fully saturated rings. The number of anilines is 1. The number of methoxy groups -OCH3 is 1. The molecule has 0 radical (unpaired) electrons. The Kier molecular flexibility index (Phi) is 3.93. The van der Waals surface area contributed by atoms with Gasteiger partial charge in [0.2, 0.25) is 0 Å². The minimum atomic E-state index is -0.143. The fourth-order valence-electron chi connectivity index (χ4n) is 2.20. The van der Waals surface area contributed by atoms with Crippen LogP contribution in [-0.2, 0) is 0 Å². The topological polar surface area (TPSA) is 67.0 Å². The van der Waals surface area contributed by atoms with Crippen LogP contribution in [0.15, 0.2) is 41.8 Å². The molecule has 0 saturated carbocycles.